The van der Waals surface area contributed by atoms with E-state index in [9.17, 15) is 0 Å². The highest BCUT2D eigenvalue weighted by Crippen LogP contribution is 2.18. The van der Waals surface area contributed by atoms with Gasteiger partial charge in [-0.1, -0.05) is 30.3 Å². The first-order chi connectivity index (χ1) is 10.9. The normalized spacial score (nSPS) is 14.9. The number of benzene rings is 1. The molecule has 112 valence electrons. The van der Waals surface area contributed by atoms with Crippen molar-refractivity contribution in [2.24, 2.45) is 0 Å². The summed E-state index contributed by atoms with van der Waals surface area (Å²) in [6.45, 7) is 3.73. The van der Waals surface area contributed by atoms with Crippen molar-refractivity contribution in [3.05, 3.63) is 65.9 Å². The van der Waals surface area contributed by atoms with E-state index in [2.05, 4.69) is 34.3 Å². The molecule has 0 saturated carbocycles. The molecule has 22 heavy (non-hydrogen) atoms. The molecule has 0 bridgehead atoms. The summed E-state index contributed by atoms with van der Waals surface area (Å²) in [4.78, 5) is 2.44. The predicted octanol–water partition coefficient (Wildman–Crippen LogP) is 2.77. The van der Waals surface area contributed by atoms with Gasteiger partial charge in [0.1, 0.15) is 6.61 Å². The van der Waals surface area contributed by atoms with Crippen LogP contribution in [0.5, 0.6) is 5.88 Å². The molecule has 0 amide bonds. The van der Waals surface area contributed by atoms with Crippen LogP contribution in [0.1, 0.15) is 11.1 Å². The Morgan fingerprint density at radius 1 is 1.05 bits per heavy atom. The van der Waals surface area contributed by atoms with Gasteiger partial charge in [-0.15, -0.1) is 5.10 Å². The van der Waals surface area contributed by atoms with Crippen LogP contribution in [0.2, 0.25) is 0 Å². The second-order valence-electron chi connectivity index (χ2n) is 5.70. The zero-order valence-corrected chi connectivity index (χ0v) is 12.5. The van der Waals surface area contributed by atoms with Crippen LogP contribution in [-0.4, -0.2) is 34.2 Å². The molecule has 0 unspecified atom stereocenters. The summed E-state index contributed by atoms with van der Waals surface area (Å²) >= 11 is 0. The maximum Gasteiger partial charge on any atom is 0.233 e. The van der Waals surface area contributed by atoms with Crippen molar-refractivity contribution in [2.75, 3.05) is 19.7 Å². The van der Waals surface area contributed by atoms with Gasteiger partial charge in [-0.3, -0.25) is 4.90 Å². The monoisotopic (exact) mass is 293 g/mol. The first-order valence-electron chi connectivity index (χ1n) is 7.75. The van der Waals surface area contributed by atoms with E-state index >= 15 is 0 Å². The summed E-state index contributed by atoms with van der Waals surface area (Å²) in [5, 5.41) is 4.41. The van der Waals surface area contributed by atoms with Crippen molar-refractivity contribution in [1.82, 2.24) is 14.5 Å². The Balaban J connectivity index is 1.34. The Kier molecular flexibility index (Phi) is 3.52. The first kappa shape index (κ1) is 13.3. The molecular weight excluding hydrogens is 274 g/mol. The van der Waals surface area contributed by atoms with E-state index in [1.54, 1.807) is 0 Å². The van der Waals surface area contributed by atoms with Gasteiger partial charge in [0.05, 0.1) is 5.52 Å². The third-order valence-electron chi connectivity index (χ3n) is 4.21. The predicted molar refractivity (Wildman–Crippen MR) is 86.1 cm³/mol. The highest BCUT2D eigenvalue weighted by Gasteiger charge is 2.15. The van der Waals surface area contributed by atoms with Gasteiger partial charge < -0.3 is 4.74 Å². The van der Waals surface area contributed by atoms with Crippen LogP contribution in [0.25, 0.3) is 5.52 Å². The minimum absolute atomic E-state index is 0.673. The Bertz CT molecular complexity index is 748. The smallest absolute Gasteiger partial charge is 0.233 e. The largest absolute Gasteiger partial charge is 0.475 e. The number of aromatic nitrogens is 2. The maximum absolute atomic E-state index is 5.81. The molecule has 2 aromatic heterocycles. The molecule has 0 spiro atoms. The van der Waals surface area contributed by atoms with Gasteiger partial charge in [0, 0.05) is 31.9 Å². The number of hydrogen-bond donors (Lipinski definition) is 0. The Morgan fingerprint density at radius 2 is 1.91 bits per heavy atom. The fourth-order valence-electron chi connectivity index (χ4n) is 3.01. The highest BCUT2D eigenvalue weighted by atomic mass is 16.5. The van der Waals surface area contributed by atoms with E-state index < -0.39 is 0 Å². The molecule has 4 nitrogen and oxygen atoms in total. The van der Waals surface area contributed by atoms with Gasteiger partial charge in [0.2, 0.25) is 5.88 Å². The van der Waals surface area contributed by atoms with Crippen LogP contribution in [0.3, 0.4) is 0 Å². The molecule has 0 fully saturated rings. The lowest BCUT2D eigenvalue weighted by atomic mass is 10.0. The lowest BCUT2D eigenvalue weighted by Crippen LogP contribution is -2.33. The summed E-state index contributed by atoms with van der Waals surface area (Å²) in [6.07, 6.45) is 3.06. The van der Waals surface area contributed by atoms with Crippen molar-refractivity contribution in [3.8, 4) is 5.88 Å². The minimum Gasteiger partial charge on any atom is -0.475 e. The molecule has 0 aliphatic carbocycles. The molecule has 1 aliphatic heterocycles. The first-order valence-corrected chi connectivity index (χ1v) is 7.75. The van der Waals surface area contributed by atoms with Gasteiger partial charge in [-0.2, -0.15) is 0 Å². The van der Waals surface area contributed by atoms with Crippen LogP contribution in [-0.2, 0) is 13.0 Å². The molecule has 0 radical (unpaired) electrons. The third kappa shape index (κ3) is 2.70. The summed E-state index contributed by atoms with van der Waals surface area (Å²) in [6, 6.07) is 16.7. The number of rotatable bonds is 4. The highest BCUT2D eigenvalue weighted by molar-refractivity contribution is 5.48. The molecule has 1 aromatic carbocycles. The average molecular weight is 293 g/mol. The lowest BCUT2D eigenvalue weighted by molar-refractivity contribution is 0.192. The summed E-state index contributed by atoms with van der Waals surface area (Å²) < 4.78 is 7.65. The topological polar surface area (TPSA) is 29.8 Å². The second-order valence-corrected chi connectivity index (χ2v) is 5.70. The lowest BCUT2D eigenvalue weighted by Gasteiger charge is -2.28. The van der Waals surface area contributed by atoms with Gasteiger partial charge in [-0.25, -0.2) is 4.52 Å². The third-order valence-corrected chi connectivity index (χ3v) is 4.21. The van der Waals surface area contributed by atoms with E-state index in [4.69, 9.17) is 4.74 Å². The quantitative estimate of drug-likeness (QED) is 0.741. The molecule has 0 N–H and O–H groups in total. The number of pyridine rings is 1. The van der Waals surface area contributed by atoms with E-state index in [0.29, 0.717) is 12.5 Å². The molecule has 0 saturated heterocycles. The Hall–Kier alpha value is -2.33. The molecule has 4 rings (SSSR count). The average Bonchev–Trinajstić information content (AvgIpc) is 2.97. The van der Waals surface area contributed by atoms with Crippen LogP contribution in [0, 0.1) is 0 Å². The van der Waals surface area contributed by atoms with Crippen LogP contribution < -0.4 is 4.74 Å². The second kappa shape index (κ2) is 5.81. The zero-order valence-electron chi connectivity index (χ0n) is 12.5. The summed E-state index contributed by atoms with van der Waals surface area (Å²) in [5.74, 6) is 0.698. The standard InChI is InChI=1S/C18H19N3O/c1-2-6-16-14-20(10-8-15(16)5-1)11-12-22-18-13-17-7-3-4-9-21(17)19-18/h1-7,9,13H,8,10-12,14H2. The fraction of sp³-hybridized carbons (Fsp3) is 0.278. The number of fused-ring (bicyclic) bond motifs is 2. The summed E-state index contributed by atoms with van der Waals surface area (Å²) in [5.41, 5.74) is 3.99. The van der Waals surface area contributed by atoms with Crippen molar-refractivity contribution in [1.29, 1.82) is 0 Å². The van der Waals surface area contributed by atoms with Crippen molar-refractivity contribution < 1.29 is 4.74 Å². The van der Waals surface area contributed by atoms with Crippen LogP contribution in [0.4, 0.5) is 0 Å². The molecule has 3 heterocycles. The van der Waals surface area contributed by atoms with E-state index in [0.717, 1.165) is 31.6 Å². The molecule has 0 atom stereocenters. The fourth-order valence-corrected chi connectivity index (χ4v) is 3.01. The summed E-state index contributed by atoms with van der Waals surface area (Å²) in [7, 11) is 0. The van der Waals surface area contributed by atoms with Crippen molar-refractivity contribution in [3.63, 3.8) is 0 Å². The Labute approximate surface area is 129 Å². The molecular formula is C18H19N3O. The maximum atomic E-state index is 5.81. The van der Waals surface area contributed by atoms with Crippen molar-refractivity contribution >= 4 is 5.52 Å². The van der Waals surface area contributed by atoms with E-state index in [1.165, 1.54) is 11.1 Å². The van der Waals surface area contributed by atoms with Crippen LogP contribution >= 0.6 is 0 Å². The van der Waals surface area contributed by atoms with Gasteiger partial charge in [0.25, 0.3) is 0 Å². The van der Waals surface area contributed by atoms with Gasteiger partial charge in [-0.05, 0) is 29.7 Å². The molecule has 1 aliphatic rings. The van der Waals surface area contributed by atoms with E-state index in [1.807, 2.05) is 35.0 Å². The van der Waals surface area contributed by atoms with E-state index in [-0.39, 0.29) is 0 Å². The molecule has 4 heteroatoms. The van der Waals surface area contributed by atoms with Crippen molar-refractivity contribution in [2.45, 2.75) is 13.0 Å². The SMILES string of the molecule is c1ccc2c(c1)CCN(CCOc1cc3ccccn3n1)C2. The number of nitrogens with zero attached hydrogens (tertiary/aromatic N) is 3. The number of hydrogen-bond acceptors (Lipinski definition) is 3. The van der Waals surface area contributed by atoms with Gasteiger partial charge >= 0.3 is 0 Å². The molecule has 3 aromatic rings. The number of ether oxygens (including phenoxy) is 1. The van der Waals surface area contributed by atoms with Crippen LogP contribution in [0.15, 0.2) is 54.7 Å². The Morgan fingerprint density at radius 3 is 2.82 bits per heavy atom. The van der Waals surface area contributed by atoms with Gasteiger partial charge in [0.15, 0.2) is 0 Å². The minimum atomic E-state index is 0.673. The zero-order chi connectivity index (χ0) is 14.8.